The van der Waals surface area contributed by atoms with E-state index in [9.17, 15) is 13.2 Å². The molecule has 2 aromatic rings. The summed E-state index contributed by atoms with van der Waals surface area (Å²) in [7, 11) is 1.84. The SMILES string of the molecule is CNC1Cc2c[nH]c3cc(C(F)(F)F)cc(c23)C1. The maximum atomic E-state index is 12.8. The molecule has 0 saturated carbocycles. The lowest BCUT2D eigenvalue weighted by atomic mass is 9.88. The van der Waals surface area contributed by atoms with Crippen molar-refractivity contribution in [1.29, 1.82) is 0 Å². The van der Waals surface area contributed by atoms with Crippen molar-refractivity contribution >= 4 is 10.9 Å². The molecule has 0 bridgehead atoms. The van der Waals surface area contributed by atoms with Gasteiger partial charge in [-0.3, -0.25) is 0 Å². The molecule has 1 aliphatic carbocycles. The number of likely N-dealkylation sites (N-methyl/N-ethyl adjacent to an activating group) is 1. The lowest BCUT2D eigenvalue weighted by Gasteiger charge is -2.23. The van der Waals surface area contributed by atoms with E-state index in [0.717, 1.165) is 22.9 Å². The lowest BCUT2D eigenvalue weighted by Crippen LogP contribution is -2.32. The quantitative estimate of drug-likeness (QED) is 0.804. The molecule has 1 unspecified atom stereocenters. The number of hydrogen-bond donors (Lipinski definition) is 2. The van der Waals surface area contributed by atoms with Gasteiger partial charge in [0.25, 0.3) is 0 Å². The van der Waals surface area contributed by atoms with Crippen molar-refractivity contribution < 1.29 is 13.2 Å². The molecule has 18 heavy (non-hydrogen) atoms. The number of alkyl halides is 3. The Hall–Kier alpha value is -1.49. The summed E-state index contributed by atoms with van der Waals surface area (Å²) < 4.78 is 38.4. The smallest absolute Gasteiger partial charge is 0.361 e. The Morgan fingerprint density at radius 1 is 1.22 bits per heavy atom. The van der Waals surface area contributed by atoms with Crippen LogP contribution in [0.1, 0.15) is 16.7 Å². The van der Waals surface area contributed by atoms with Crippen LogP contribution in [-0.4, -0.2) is 18.1 Å². The van der Waals surface area contributed by atoms with Crippen molar-refractivity contribution in [3.05, 3.63) is 35.0 Å². The highest BCUT2D eigenvalue weighted by molar-refractivity contribution is 5.88. The maximum absolute atomic E-state index is 12.8. The highest BCUT2D eigenvalue weighted by Gasteiger charge is 2.33. The number of aromatic amines is 1. The first-order chi connectivity index (χ1) is 8.49. The average Bonchev–Trinajstić information content (AvgIpc) is 2.72. The minimum absolute atomic E-state index is 0.208. The minimum Gasteiger partial charge on any atom is -0.361 e. The zero-order valence-electron chi connectivity index (χ0n) is 9.86. The molecular formula is C13H13F3N2. The van der Waals surface area contributed by atoms with E-state index in [1.165, 1.54) is 12.1 Å². The summed E-state index contributed by atoms with van der Waals surface area (Å²) in [6.07, 6.45) is -0.975. The van der Waals surface area contributed by atoms with Crippen molar-refractivity contribution in [2.24, 2.45) is 0 Å². The van der Waals surface area contributed by atoms with Crippen molar-refractivity contribution in [2.45, 2.75) is 25.1 Å². The Morgan fingerprint density at radius 3 is 2.61 bits per heavy atom. The van der Waals surface area contributed by atoms with Gasteiger partial charge in [-0.15, -0.1) is 0 Å². The van der Waals surface area contributed by atoms with Gasteiger partial charge in [-0.25, -0.2) is 0 Å². The molecule has 3 rings (SSSR count). The molecule has 0 aliphatic heterocycles. The van der Waals surface area contributed by atoms with Gasteiger partial charge in [0.05, 0.1) is 5.56 Å². The predicted octanol–water partition coefficient (Wildman–Crippen LogP) is 2.87. The molecule has 1 aromatic carbocycles. The van der Waals surface area contributed by atoms with Crippen LogP contribution in [0, 0.1) is 0 Å². The molecule has 0 radical (unpaired) electrons. The molecular weight excluding hydrogens is 241 g/mol. The fourth-order valence-electron chi connectivity index (χ4n) is 2.73. The number of H-pyrrole nitrogens is 1. The monoisotopic (exact) mass is 254 g/mol. The summed E-state index contributed by atoms with van der Waals surface area (Å²) in [4.78, 5) is 2.95. The Labute approximate surface area is 102 Å². The van der Waals surface area contributed by atoms with Gasteiger partial charge in [0.15, 0.2) is 0 Å². The first-order valence-electron chi connectivity index (χ1n) is 5.86. The molecule has 0 fully saturated rings. The van der Waals surface area contributed by atoms with Crippen LogP contribution in [0.2, 0.25) is 0 Å². The second-order valence-electron chi connectivity index (χ2n) is 4.76. The largest absolute Gasteiger partial charge is 0.416 e. The van der Waals surface area contributed by atoms with Crippen LogP contribution in [0.15, 0.2) is 18.3 Å². The van der Waals surface area contributed by atoms with Crippen molar-refractivity contribution in [1.82, 2.24) is 10.3 Å². The number of hydrogen-bond acceptors (Lipinski definition) is 1. The van der Waals surface area contributed by atoms with E-state index in [4.69, 9.17) is 0 Å². The maximum Gasteiger partial charge on any atom is 0.416 e. The van der Waals surface area contributed by atoms with Crippen LogP contribution in [0.5, 0.6) is 0 Å². The minimum atomic E-state index is -4.29. The van der Waals surface area contributed by atoms with E-state index in [1.807, 2.05) is 13.2 Å². The third-order valence-corrected chi connectivity index (χ3v) is 3.61. The zero-order chi connectivity index (χ0) is 12.9. The van der Waals surface area contributed by atoms with Crippen LogP contribution in [0.25, 0.3) is 10.9 Å². The molecule has 0 saturated heterocycles. The number of benzene rings is 1. The summed E-state index contributed by atoms with van der Waals surface area (Å²) in [6, 6.07) is 2.69. The molecule has 2 N–H and O–H groups in total. The fraction of sp³-hybridized carbons (Fsp3) is 0.385. The summed E-state index contributed by atoms with van der Waals surface area (Å²) in [5.41, 5.74) is 1.89. The summed E-state index contributed by atoms with van der Waals surface area (Å²) in [5, 5.41) is 4.11. The number of nitrogens with one attached hydrogen (secondary N) is 2. The molecule has 1 heterocycles. The predicted molar refractivity (Wildman–Crippen MR) is 63.6 cm³/mol. The third-order valence-electron chi connectivity index (χ3n) is 3.61. The molecule has 0 spiro atoms. The second kappa shape index (κ2) is 3.75. The van der Waals surface area contributed by atoms with Crippen LogP contribution in [0.3, 0.4) is 0 Å². The highest BCUT2D eigenvalue weighted by Crippen LogP contribution is 2.36. The molecule has 1 aromatic heterocycles. The normalized spacial score (nSPS) is 19.4. The zero-order valence-corrected chi connectivity index (χ0v) is 9.86. The first kappa shape index (κ1) is 11.6. The van der Waals surface area contributed by atoms with Crippen LogP contribution in [0.4, 0.5) is 13.2 Å². The third kappa shape index (κ3) is 1.70. The summed E-state index contributed by atoms with van der Waals surface area (Å²) in [5.74, 6) is 0. The molecule has 0 amide bonds. The Balaban J connectivity index is 2.20. The summed E-state index contributed by atoms with van der Waals surface area (Å²) in [6.45, 7) is 0. The van der Waals surface area contributed by atoms with Gasteiger partial charge in [-0.1, -0.05) is 0 Å². The Morgan fingerprint density at radius 2 is 1.94 bits per heavy atom. The number of rotatable bonds is 1. The average molecular weight is 254 g/mol. The molecule has 1 atom stereocenters. The molecule has 2 nitrogen and oxygen atoms in total. The fourth-order valence-corrected chi connectivity index (χ4v) is 2.73. The first-order valence-corrected chi connectivity index (χ1v) is 5.86. The molecule has 1 aliphatic rings. The van der Waals surface area contributed by atoms with Crippen LogP contribution in [-0.2, 0) is 19.0 Å². The van der Waals surface area contributed by atoms with E-state index in [-0.39, 0.29) is 6.04 Å². The second-order valence-corrected chi connectivity index (χ2v) is 4.76. The summed E-state index contributed by atoms with van der Waals surface area (Å²) >= 11 is 0. The van der Waals surface area contributed by atoms with Gasteiger partial charge in [-0.2, -0.15) is 13.2 Å². The van der Waals surface area contributed by atoms with E-state index in [0.29, 0.717) is 11.9 Å². The van der Waals surface area contributed by atoms with Gasteiger partial charge in [0, 0.05) is 23.1 Å². The molecule has 5 heteroatoms. The van der Waals surface area contributed by atoms with Crippen molar-refractivity contribution in [3.63, 3.8) is 0 Å². The van der Waals surface area contributed by atoms with E-state index >= 15 is 0 Å². The van der Waals surface area contributed by atoms with Gasteiger partial charge in [0.1, 0.15) is 0 Å². The highest BCUT2D eigenvalue weighted by atomic mass is 19.4. The Bertz CT molecular complexity index is 598. The van der Waals surface area contributed by atoms with E-state index in [1.54, 1.807) is 0 Å². The van der Waals surface area contributed by atoms with Gasteiger partial charge in [0.2, 0.25) is 0 Å². The topological polar surface area (TPSA) is 27.8 Å². The number of aromatic nitrogens is 1. The number of halogens is 3. The van der Waals surface area contributed by atoms with Gasteiger partial charge < -0.3 is 10.3 Å². The molecule has 96 valence electrons. The van der Waals surface area contributed by atoms with Crippen LogP contribution >= 0.6 is 0 Å². The standard InChI is InChI=1S/C13H13F3N2/c1-17-10-3-7-2-9(13(14,15)16)5-11-12(7)8(4-10)6-18-11/h2,5-6,10,17-18H,3-4H2,1H3. The van der Waals surface area contributed by atoms with Crippen LogP contribution < -0.4 is 5.32 Å². The van der Waals surface area contributed by atoms with E-state index < -0.39 is 11.7 Å². The van der Waals surface area contributed by atoms with Crippen molar-refractivity contribution in [2.75, 3.05) is 7.05 Å². The van der Waals surface area contributed by atoms with Gasteiger partial charge in [-0.05, 0) is 43.1 Å². The Kier molecular flexibility index (Phi) is 2.41. The van der Waals surface area contributed by atoms with E-state index in [2.05, 4.69) is 10.3 Å². The lowest BCUT2D eigenvalue weighted by molar-refractivity contribution is -0.137. The van der Waals surface area contributed by atoms with Crippen molar-refractivity contribution in [3.8, 4) is 0 Å². The van der Waals surface area contributed by atoms with Gasteiger partial charge >= 0.3 is 6.18 Å².